The van der Waals surface area contributed by atoms with Crippen LogP contribution in [-0.2, 0) is 10.0 Å². The van der Waals surface area contributed by atoms with Crippen molar-refractivity contribution in [2.45, 2.75) is 4.90 Å². The van der Waals surface area contributed by atoms with E-state index >= 15 is 0 Å². The molecule has 3 N–H and O–H groups in total. The molecule has 36 heavy (non-hydrogen) atoms. The van der Waals surface area contributed by atoms with E-state index in [-0.39, 0.29) is 22.1 Å². The number of amides is 1. The van der Waals surface area contributed by atoms with Crippen LogP contribution < -0.4 is 20.2 Å². The van der Waals surface area contributed by atoms with Crippen LogP contribution in [0.3, 0.4) is 0 Å². The first kappa shape index (κ1) is 25.2. The smallest absolute Gasteiger partial charge is 0.265 e. The average Bonchev–Trinajstić information content (AvgIpc) is 2.85. The summed E-state index contributed by atoms with van der Waals surface area (Å²) in [7, 11) is 0.684. The van der Waals surface area contributed by atoms with E-state index in [1.807, 2.05) is 0 Å². The molecule has 0 saturated heterocycles. The van der Waals surface area contributed by atoms with E-state index in [0.717, 1.165) is 0 Å². The van der Waals surface area contributed by atoms with E-state index in [1.165, 1.54) is 36.4 Å². The molecule has 12 heteroatoms. The van der Waals surface area contributed by atoms with Gasteiger partial charge in [0.05, 0.1) is 33.7 Å². The highest BCUT2D eigenvalue weighted by Crippen LogP contribution is 2.32. The number of hydrazine groups is 1. The zero-order valence-corrected chi connectivity index (χ0v) is 21.2. The number of nitrogens with one attached hydrogen (secondary N) is 3. The van der Waals surface area contributed by atoms with Gasteiger partial charge in [0.2, 0.25) is 0 Å². The van der Waals surface area contributed by atoms with Gasteiger partial charge in [0.15, 0.2) is 11.6 Å². The summed E-state index contributed by atoms with van der Waals surface area (Å²) < 4.78 is 34.4. The summed E-state index contributed by atoms with van der Waals surface area (Å²) in [5, 5.41) is 4.89. The van der Waals surface area contributed by atoms with Crippen LogP contribution in [0.1, 0.15) is 10.4 Å². The summed E-state index contributed by atoms with van der Waals surface area (Å²) in [5.74, 6) is 0.188. The molecular formula is C24H23ClN6O4S. The standard InChI is InChI=1S/C24H23ClN6O4S/c1-31(2)29-24(32)15-7-6-8-17(13-15)36(33,34)30-23-22(26-19-9-4-5-10-20(19)27-23)28-21-14-16(35-3)11-12-18(21)25/h4-14H,1-3H3,(H,26,28)(H,27,30)(H,29,32). The molecule has 0 fully saturated rings. The summed E-state index contributed by atoms with van der Waals surface area (Å²) in [6.07, 6.45) is 0. The van der Waals surface area contributed by atoms with E-state index in [2.05, 4.69) is 25.4 Å². The fraction of sp³-hybridized carbons (Fsp3) is 0.125. The number of nitrogens with zero attached hydrogens (tertiary/aromatic N) is 3. The second kappa shape index (κ2) is 10.4. The number of methoxy groups -OCH3 is 1. The number of benzene rings is 3. The normalized spacial score (nSPS) is 11.4. The minimum Gasteiger partial charge on any atom is -0.497 e. The first-order chi connectivity index (χ1) is 17.2. The van der Waals surface area contributed by atoms with Gasteiger partial charge in [0.25, 0.3) is 15.9 Å². The number of carbonyl (C=O) groups excluding carboxylic acids is 1. The maximum absolute atomic E-state index is 13.3. The van der Waals surface area contributed by atoms with Crippen molar-refractivity contribution in [1.29, 1.82) is 0 Å². The van der Waals surface area contributed by atoms with Crippen LogP contribution >= 0.6 is 11.6 Å². The van der Waals surface area contributed by atoms with Crippen molar-refractivity contribution in [2.75, 3.05) is 31.2 Å². The number of rotatable bonds is 8. The maximum Gasteiger partial charge on any atom is 0.265 e. The van der Waals surface area contributed by atoms with Crippen LogP contribution in [0.5, 0.6) is 5.75 Å². The Kier molecular flexibility index (Phi) is 7.25. The number of para-hydroxylation sites is 2. The first-order valence-corrected chi connectivity index (χ1v) is 12.5. The molecule has 10 nitrogen and oxygen atoms in total. The third kappa shape index (κ3) is 5.65. The number of ether oxygens (including phenoxy) is 1. The Morgan fingerprint density at radius 1 is 0.944 bits per heavy atom. The van der Waals surface area contributed by atoms with Gasteiger partial charge in [0.1, 0.15) is 5.75 Å². The number of sulfonamides is 1. The monoisotopic (exact) mass is 526 g/mol. The molecule has 0 bridgehead atoms. The van der Waals surface area contributed by atoms with E-state index in [0.29, 0.717) is 27.5 Å². The number of anilines is 3. The van der Waals surface area contributed by atoms with Gasteiger partial charge < -0.3 is 10.1 Å². The molecule has 1 amide bonds. The number of aromatic nitrogens is 2. The molecule has 1 heterocycles. The van der Waals surface area contributed by atoms with Crippen molar-refractivity contribution >= 4 is 55.9 Å². The molecule has 4 rings (SSSR count). The van der Waals surface area contributed by atoms with Crippen LogP contribution in [0.25, 0.3) is 11.0 Å². The molecule has 0 aliphatic carbocycles. The highest BCUT2D eigenvalue weighted by molar-refractivity contribution is 7.92. The second-order valence-electron chi connectivity index (χ2n) is 7.85. The molecule has 4 aromatic rings. The fourth-order valence-electron chi connectivity index (χ4n) is 3.27. The van der Waals surface area contributed by atoms with Gasteiger partial charge in [-0.3, -0.25) is 14.9 Å². The SMILES string of the molecule is COc1ccc(Cl)c(Nc2nc3ccccc3nc2NS(=O)(=O)c2cccc(C(=O)NN(C)C)c2)c1. The summed E-state index contributed by atoms with van der Waals surface area (Å²) in [5.41, 5.74) is 4.24. The molecule has 0 spiro atoms. The summed E-state index contributed by atoms with van der Waals surface area (Å²) in [4.78, 5) is 21.3. The number of carbonyl (C=O) groups is 1. The van der Waals surface area contributed by atoms with Gasteiger partial charge in [-0.2, -0.15) is 0 Å². The van der Waals surface area contributed by atoms with Crippen LogP contribution in [-0.4, -0.2) is 50.5 Å². The molecule has 0 atom stereocenters. The second-order valence-corrected chi connectivity index (χ2v) is 9.94. The Morgan fingerprint density at radius 2 is 1.64 bits per heavy atom. The number of fused-ring (bicyclic) bond motifs is 1. The lowest BCUT2D eigenvalue weighted by molar-refractivity contribution is 0.0856. The molecule has 3 aromatic carbocycles. The quantitative estimate of drug-likeness (QED) is 0.294. The van der Waals surface area contributed by atoms with Gasteiger partial charge in [0, 0.05) is 25.7 Å². The van der Waals surface area contributed by atoms with E-state index in [1.54, 1.807) is 56.6 Å². The largest absolute Gasteiger partial charge is 0.497 e. The highest BCUT2D eigenvalue weighted by Gasteiger charge is 2.21. The van der Waals surface area contributed by atoms with Crippen LogP contribution in [0.4, 0.5) is 17.3 Å². The molecule has 0 unspecified atom stereocenters. The lowest BCUT2D eigenvalue weighted by Gasteiger charge is -2.16. The zero-order chi connectivity index (χ0) is 25.9. The molecule has 0 aliphatic heterocycles. The Hall–Kier alpha value is -3.93. The summed E-state index contributed by atoms with van der Waals surface area (Å²) in [6.45, 7) is 0. The number of hydrogen-bond donors (Lipinski definition) is 3. The molecule has 1 aromatic heterocycles. The van der Waals surface area contributed by atoms with Gasteiger partial charge >= 0.3 is 0 Å². The molecular weight excluding hydrogens is 504 g/mol. The van der Waals surface area contributed by atoms with E-state index in [4.69, 9.17) is 16.3 Å². The van der Waals surface area contributed by atoms with E-state index in [9.17, 15) is 13.2 Å². The topological polar surface area (TPSA) is 126 Å². The summed E-state index contributed by atoms with van der Waals surface area (Å²) >= 11 is 6.34. The average molecular weight is 527 g/mol. The van der Waals surface area contributed by atoms with Crippen molar-refractivity contribution in [1.82, 2.24) is 20.4 Å². The third-order valence-corrected chi connectivity index (χ3v) is 6.63. The van der Waals surface area contributed by atoms with Crippen molar-refractivity contribution in [3.8, 4) is 5.75 Å². The Labute approximate surface area is 213 Å². The minimum absolute atomic E-state index is 0.0456. The molecule has 0 aliphatic rings. The van der Waals surface area contributed by atoms with Gasteiger partial charge in [-0.05, 0) is 42.5 Å². The molecule has 0 radical (unpaired) electrons. The number of hydrogen-bond acceptors (Lipinski definition) is 8. The van der Waals surface area contributed by atoms with E-state index < -0.39 is 15.9 Å². The minimum atomic E-state index is -4.15. The number of halogens is 1. The predicted molar refractivity (Wildman–Crippen MR) is 139 cm³/mol. The third-order valence-electron chi connectivity index (χ3n) is 4.96. The van der Waals surface area contributed by atoms with Crippen molar-refractivity contribution in [3.63, 3.8) is 0 Å². The van der Waals surface area contributed by atoms with Crippen molar-refractivity contribution in [2.24, 2.45) is 0 Å². The lowest BCUT2D eigenvalue weighted by Crippen LogP contribution is -2.36. The van der Waals surface area contributed by atoms with Crippen LogP contribution in [0.15, 0.2) is 71.6 Å². The highest BCUT2D eigenvalue weighted by atomic mass is 35.5. The lowest BCUT2D eigenvalue weighted by atomic mass is 10.2. The Balaban J connectivity index is 1.74. The van der Waals surface area contributed by atoms with Crippen molar-refractivity contribution in [3.05, 3.63) is 77.3 Å². The van der Waals surface area contributed by atoms with Gasteiger partial charge in [-0.15, -0.1) is 0 Å². The van der Waals surface area contributed by atoms with Crippen molar-refractivity contribution < 1.29 is 17.9 Å². The van der Waals surface area contributed by atoms with Gasteiger partial charge in [-0.1, -0.05) is 29.8 Å². The fourth-order valence-corrected chi connectivity index (χ4v) is 4.49. The molecule has 186 valence electrons. The predicted octanol–water partition coefficient (Wildman–Crippen LogP) is 4.04. The maximum atomic E-state index is 13.3. The van der Waals surface area contributed by atoms with Crippen LogP contribution in [0.2, 0.25) is 5.02 Å². The van der Waals surface area contributed by atoms with Gasteiger partial charge in [-0.25, -0.2) is 23.4 Å². The Morgan fingerprint density at radius 3 is 2.31 bits per heavy atom. The zero-order valence-electron chi connectivity index (χ0n) is 19.6. The first-order valence-electron chi connectivity index (χ1n) is 10.6. The van der Waals surface area contributed by atoms with Crippen LogP contribution in [0, 0.1) is 0 Å². The summed E-state index contributed by atoms with van der Waals surface area (Å²) in [6, 6.07) is 17.7. The molecule has 0 saturated carbocycles. The Bertz CT molecular complexity index is 1550.